The highest BCUT2D eigenvalue weighted by molar-refractivity contribution is 5.74. The van der Waals surface area contributed by atoms with E-state index in [4.69, 9.17) is 4.74 Å². The summed E-state index contributed by atoms with van der Waals surface area (Å²) in [7, 11) is 0. The van der Waals surface area contributed by atoms with Gasteiger partial charge in [0.1, 0.15) is 5.82 Å². The Labute approximate surface area is 149 Å². The lowest BCUT2D eigenvalue weighted by atomic mass is 9.79. The Balaban J connectivity index is 1.62. The van der Waals surface area contributed by atoms with Crippen LogP contribution in [0.15, 0.2) is 24.3 Å². The van der Waals surface area contributed by atoms with Crippen LogP contribution in [0.4, 0.5) is 9.18 Å². The zero-order valence-electron chi connectivity index (χ0n) is 15.1. The van der Waals surface area contributed by atoms with Crippen LogP contribution in [0.5, 0.6) is 0 Å². The minimum atomic E-state index is -0.213. The monoisotopic (exact) mass is 348 g/mol. The summed E-state index contributed by atoms with van der Waals surface area (Å²) in [5.74, 6) is -0.213. The molecule has 4 nitrogen and oxygen atoms in total. The largest absolute Gasteiger partial charge is 0.376 e. The van der Waals surface area contributed by atoms with Gasteiger partial charge in [-0.25, -0.2) is 9.18 Å². The number of nitrogens with zero attached hydrogens (tertiary/aromatic N) is 1. The summed E-state index contributed by atoms with van der Waals surface area (Å²) in [6.45, 7) is 4.75. The minimum absolute atomic E-state index is 0.0219. The number of likely N-dealkylation sites (N-methyl/N-ethyl adjacent to an activating group) is 1. The lowest BCUT2D eigenvalue weighted by Gasteiger charge is -2.32. The summed E-state index contributed by atoms with van der Waals surface area (Å²) in [5.41, 5.74) is 1.07. The van der Waals surface area contributed by atoms with Crippen molar-refractivity contribution in [1.82, 2.24) is 10.2 Å². The van der Waals surface area contributed by atoms with E-state index in [1.807, 2.05) is 24.0 Å². The normalized spacial score (nSPS) is 22.1. The third-order valence-electron chi connectivity index (χ3n) is 5.71. The highest BCUT2D eigenvalue weighted by atomic mass is 19.1. The predicted molar refractivity (Wildman–Crippen MR) is 96.2 cm³/mol. The molecule has 1 aliphatic heterocycles. The van der Waals surface area contributed by atoms with Crippen molar-refractivity contribution in [2.24, 2.45) is 0 Å². The maximum atomic E-state index is 13.3. The molecular weight excluding hydrogens is 319 g/mol. The second kappa shape index (κ2) is 8.17. The highest BCUT2D eigenvalue weighted by Gasteiger charge is 2.36. The molecule has 25 heavy (non-hydrogen) atoms. The minimum Gasteiger partial charge on any atom is -0.376 e. The molecule has 1 heterocycles. The van der Waals surface area contributed by atoms with E-state index < -0.39 is 0 Å². The summed E-state index contributed by atoms with van der Waals surface area (Å²) < 4.78 is 18.9. The maximum Gasteiger partial charge on any atom is 0.317 e. The number of hydrogen-bond acceptors (Lipinski definition) is 2. The number of urea groups is 1. The summed E-state index contributed by atoms with van der Waals surface area (Å²) in [5, 5.41) is 3.14. The summed E-state index contributed by atoms with van der Waals surface area (Å²) in [6, 6.07) is 6.76. The first kappa shape index (κ1) is 18.2. The van der Waals surface area contributed by atoms with Crippen molar-refractivity contribution in [2.45, 2.75) is 57.0 Å². The van der Waals surface area contributed by atoms with Crippen molar-refractivity contribution in [3.63, 3.8) is 0 Å². The SMILES string of the molecule is CCN(CC1CCCO1)C(=O)NCC1(c2ccc(F)cc2)CCCC1. The van der Waals surface area contributed by atoms with E-state index in [2.05, 4.69) is 5.32 Å². The number of rotatable bonds is 6. The average Bonchev–Trinajstić information content (AvgIpc) is 3.30. The summed E-state index contributed by atoms with van der Waals surface area (Å²) in [4.78, 5) is 14.5. The smallest absolute Gasteiger partial charge is 0.317 e. The number of hydrogen-bond donors (Lipinski definition) is 1. The first-order valence-corrected chi connectivity index (χ1v) is 9.53. The molecule has 3 rings (SSSR count). The lowest BCUT2D eigenvalue weighted by molar-refractivity contribution is 0.0823. The number of amides is 2. The summed E-state index contributed by atoms with van der Waals surface area (Å²) in [6.07, 6.45) is 6.67. The van der Waals surface area contributed by atoms with E-state index in [-0.39, 0.29) is 23.4 Å². The van der Waals surface area contributed by atoms with Crippen molar-refractivity contribution < 1.29 is 13.9 Å². The topological polar surface area (TPSA) is 41.6 Å². The van der Waals surface area contributed by atoms with Crippen LogP contribution in [0, 0.1) is 5.82 Å². The van der Waals surface area contributed by atoms with Crippen molar-refractivity contribution >= 4 is 6.03 Å². The second-order valence-corrected chi connectivity index (χ2v) is 7.33. The molecule has 0 aromatic heterocycles. The fourth-order valence-electron chi connectivity index (χ4n) is 4.17. The first-order valence-electron chi connectivity index (χ1n) is 9.53. The van der Waals surface area contributed by atoms with Crippen molar-refractivity contribution in [1.29, 1.82) is 0 Å². The molecule has 0 bridgehead atoms. The van der Waals surface area contributed by atoms with Gasteiger partial charge >= 0.3 is 6.03 Å². The zero-order chi connectivity index (χ0) is 17.7. The maximum absolute atomic E-state index is 13.3. The van der Waals surface area contributed by atoms with E-state index in [9.17, 15) is 9.18 Å². The van der Waals surface area contributed by atoms with Crippen LogP contribution in [0.1, 0.15) is 51.0 Å². The molecule has 1 aromatic rings. The number of benzene rings is 1. The first-order chi connectivity index (χ1) is 12.1. The van der Waals surface area contributed by atoms with Gasteiger partial charge in [-0.05, 0) is 50.3 Å². The molecule has 1 aromatic carbocycles. The average molecular weight is 348 g/mol. The third kappa shape index (κ3) is 4.32. The number of carbonyl (C=O) groups is 1. The van der Waals surface area contributed by atoms with Crippen molar-refractivity contribution in [3.05, 3.63) is 35.6 Å². The van der Waals surface area contributed by atoms with Gasteiger partial charge in [-0.15, -0.1) is 0 Å². The second-order valence-electron chi connectivity index (χ2n) is 7.33. The molecule has 5 heteroatoms. The molecule has 2 aliphatic rings. The molecule has 0 spiro atoms. The van der Waals surface area contributed by atoms with Gasteiger partial charge in [-0.1, -0.05) is 25.0 Å². The molecule has 1 aliphatic carbocycles. The van der Waals surface area contributed by atoms with E-state index in [1.54, 1.807) is 0 Å². The van der Waals surface area contributed by atoms with Gasteiger partial charge in [0.25, 0.3) is 0 Å². The van der Waals surface area contributed by atoms with Crippen molar-refractivity contribution in [3.8, 4) is 0 Å². The Morgan fingerprint density at radius 1 is 1.28 bits per heavy atom. The molecule has 1 unspecified atom stereocenters. The van der Waals surface area contributed by atoms with E-state index in [0.717, 1.165) is 50.7 Å². The standard InChI is InChI=1S/C20H29FN2O2/c1-2-23(14-18-6-5-13-25-18)19(24)22-15-20(11-3-4-12-20)16-7-9-17(21)10-8-16/h7-10,18H,2-6,11-15H2,1H3,(H,22,24). The van der Waals surface area contributed by atoms with Crippen molar-refractivity contribution in [2.75, 3.05) is 26.2 Å². The van der Waals surface area contributed by atoms with Crippen LogP contribution in [-0.2, 0) is 10.2 Å². The number of ether oxygens (including phenoxy) is 1. The van der Waals surface area contributed by atoms with Crippen LogP contribution in [0.25, 0.3) is 0 Å². The third-order valence-corrected chi connectivity index (χ3v) is 5.71. The fourth-order valence-corrected chi connectivity index (χ4v) is 4.17. The number of carbonyl (C=O) groups excluding carboxylic acids is 1. The molecule has 1 saturated carbocycles. The van der Waals surface area contributed by atoms with Gasteiger partial charge in [0.15, 0.2) is 0 Å². The molecule has 1 N–H and O–H groups in total. The van der Waals surface area contributed by atoms with Crippen LogP contribution >= 0.6 is 0 Å². The molecule has 2 amide bonds. The molecule has 0 radical (unpaired) electrons. The Bertz CT molecular complexity index is 564. The van der Waals surface area contributed by atoms with Crippen LogP contribution in [0.2, 0.25) is 0 Å². The Morgan fingerprint density at radius 3 is 2.60 bits per heavy atom. The molecule has 1 atom stereocenters. The highest BCUT2D eigenvalue weighted by Crippen LogP contribution is 2.40. The van der Waals surface area contributed by atoms with Crippen LogP contribution < -0.4 is 5.32 Å². The molecule has 138 valence electrons. The Kier molecular flexibility index (Phi) is 5.94. The van der Waals surface area contributed by atoms with E-state index in [0.29, 0.717) is 19.6 Å². The fraction of sp³-hybridized carbons (Fsp3) is 0.650. The molecular formula is C20H29FN2O2. The quantitative estimate of drug-likeness (QED) is 0.848. The van der Waals surface area contributed by atoms with Gasteiger partial charge in [-0.3, -0.25) is 0 Å². The van der Waals surface area contributed by atoms with Crippen LogP contribution in [0.3, 0.4) is 0 Å². The Morgan fingerprint density at radius 2 is 2.00 bits per heavy atom. The zero-order valence-corrected chi connectivity index (χ0v) is 15.1. The predicted octanol–water partition coefficient (Wildman–Crippen LogP) is 3.85. The van der Waals surface area contributed by atoms with Gasteiger partial charge < -0.3 is 15.0 Å². The van der Waals surface area contributed by atoms with E-state index >= 15 is 0 Å². The molecule has 1 saturated heterocycles. The van der Waals surface area contributed by atoms with Gasteiger partial charge in [0.2, 0.25) is 0 Å². The van der Waals surface area contributed by atoms with E-state index in [1.165, 1.54) is 12.1 Å². The van der Waals surface area contributed by atoms with Gasteiger partial charge in [0, 0.05) is 31.7 Å². The number of nitrogens with one attached hydrogen (secondary N) is 1. The summed E-state index contributed by atoms with van der Waals surface area (Å²) >= 11 is 0. The molecule has 2 fully saturated rings. The number of halogens is 1. The van der Waals surface area contributed by atoms with Gasteiger partial charge in [-0.2, -0.15) is 0 Å². The van der Waals surface area contributed by atoms with Crippen LogP contribution in [-0.4, -0.2) is 43.3 Å². The Hall–Kier alpha value is -1.62. The lowest BCUT2D eigenvalue weighted by Crippen LogP contribution is -2.47. The van der Waals surface area contributed by atoms with Gasteiger partial charge in [0.05, 0.1) is 6.10 Å².